The molecule has 0 bridgehead atoms. The molecule has 0 aliphatic carbocycles. The fraction of sp³-hybridized carbons (Fsp3) is 0.188. The van der Waals surface area contributed by atoms with E-state index in [0.717, 1.165) is 22.7 Å². The summed E-state index contributed by atoms with van der Waals surface area (Å²) in [7, 11) is 1.96. The lowest BCUT2D eigenvalue weighted by atomic mass is 10.2. The Labute approximate surface area is 122 Å². The number of hydrogen-bond donors (Lipinski definition) is 2. The van der Waals surface area contributed by atoms with Gasteiger partial charge in [-0.05, 0) is 43.3 Å². The summed E-state index contributed by atoms with van der Waals surface area (Å²) in [6, 6.07) is 14.7. The van der Waals surface area contributed by atoms with E-state index >= 15 is 0 Å². The van der Waals surface area contributed by atoms with Gasteiger partial charge in [0.2, 0.25) is 0 Å². The SMILES string of the molecule is CNCc1ccccc1Sc1nc2ccc(C)cc2[nH]1. The van der Waals surface area contributed by atoms with Crippen molar-refractivity contribution >= 4 is 22.8 Å². The van der Waals surface area contributed by atoms with Crippen LogP contribution in [0.1, 0.15) is 11.1 Å². The van der Waals surface area contributed by atoms with Crippen molar-refractivity contribution in [3.8, 4) is 0 Å². The molecular formula is C16H17N3S. The second kappa shape index (κ2) is 5.69. The average molecular weight is 283 g/mol. The molecular weight excluding hydrogens is 266 g/mol. The van der Waals surface area contributed by atoms with Crippen LogP contribution in [0.5, 0.6) is 0 Å². The molecule has 0 spiro atoms. The predicted molar refractivity (Wildman–Crippen MR) is 84.2 cm³/mol. The molecule has 4 heteroatoms. The number of nitrogens with zero attached hydrogens (tertiary/aromatic N) is 1. The van der Waals surface area contributed by atoms with Crippen molar-refractivity contribution in [1.29, 1.82) is 0 Å². The molecule has 0 saturated carbocycles. The summed E-state index contributed by atoms with van der Waals surface area (Å²) in [5, 5.41) is 4.14. The molecule has 0 saturated heterocycles. The minimum Gasteiger partial charge on any atom is -0.333 e. The number of nitrogens with one attached hydrogen (secondary N) is 2. The van der Waals surface area contributed by atoms with Gasteiger partial charge in [0.05, 0.1) is 11.0 Å². The summed E-state index contributed by atoms with van der Waals surface area (Å²) in [6.07, 6.45) is 0. The normalized spacial score (nSPS) is 11.1. The second-order valence-electron chi connectivity index (χ2n) is 4.80. The molecule has 0 fully saturated rings. The van der Waals surface area contributed by atoms with Gasteiger partial charge >= 0.3 is 0 Å². The summed E-state index contributed by atoms with van der Waals surface area (Å²) in [5.41, 5.74) is 4.65. The van der Waals surface area contributed by atoms with Crippen LogP contribution in [0.15, 0.2) is 52.5 Å². The molecule has 1 aromatic heterocycles. The van der Waals surface area contributed by atoms with E-state index in [9.17, 15) is 0 Å². The molecule has 0 unspecified atom stereocenters. The summed E-state index contributed by atoms with van der Waals surface area (Å²) in [5.74, 6) is 0. The minimum atomic E-state index is 0.864. The Bertz CT molecular complexity index is 733. The molecule has 0 aliphatic rings. The maximum absolute atomic E-state index is 4.64. The molecule has 0 radical (unpaired) electrons. The third-order valence-corrected chi connectivity index (χ3v) is 4.17. The van der Waals surface area contributed by atoms with E-state index in [2.05, 4.69) is 64.7 Å². The van der Waals surface area contributed by atoms with Crippen molar-refractivity contribution < 1.29 is 0 Å². The monoisotopic (exact) mass is 283 g/mol. The van der Waals surface area contributed by atoms with Crippen LogP contribution in [0.4, 0.5) is 0 Å². The Balaban J connectivity index is 1.93. The zero-order valence-corrected chi connectivity index (χ0v) is 12.4. The van der Waals surface area contributed by atoms with Gasteiger partial charge in [0, 0.05) is 11.4 Å². The number of benzene rings is 2. The lowest BCUT2D eigenvalue weighted by Crippen LogP contribution is -2.05. The Morgan fingerprint density at radius 1 is 1.20 bits per heavy atom. The number of fused-ring (bicyclic) bond motifs is 1. The van der Waals surface area contributed by atoms with Gasteiger partial charge in [-0.3, -0.25) is 0 Å². The number of rotatable bonds is 4. The first-order valence-corrected chi connectivity index (χ1v) is 7.44. The van der Waals surface area contributed by atoms with E-state index in [4.69, 9.17) is 0 Å². The highest BCUT2D eigenvalue weighted by atomic mass is 32.2. The van der Waals surface area contributed by atoms with Crippen molar-refractivity contribution in [2.45, 2.75) is 23.5 Å². The van der Waals surface area contributed by atoms with Gasteiger partial charge in [-0.15, -0.1) is 0 Å². The van der Waals surface area contributed by atoms with Crippen LogP contribution in [0, 0.1) is 6.92 Å². The molecule has 3 nitrogen and oxygen atoms in total. The van der Waals surface area contributed by atoms with Crippen LogP contribution in [-0.4, -0.2) is 17.0 Å². The summed E-state index contributed by atoms with van der Waals surface area (Å²) >= 11 is 1.68. The highest BCUT2D eigenvalue weighted by Crippen LogP contribution is 2.30. The van der Waals surface area contributed by atoms with Gasteiger partial charge in [-0.1, -0.05) is 36.0 Å². The van der Waals surface area contributed by atoms with E-state index < -0.39 is 0 Å². The standard InChI is InChI=1S/C16H17N3S/c1-11-7-8-13-14(9-11)19-16(18-13)20-15-6-4-3-5-12(15)10-17-2/h3-9,17H,10H2,1-2H3,(H,18,19). The Hall–Kier alpha value is -1.78. The van der Waals surface area contributed by atoms with Gasteiger partial charge < -0.3 is 10.3 Å². The maximum Gasteiger partial charge on any atom is 0.171 e. The maximum atomic E-state index is 4.64. The first kappa shape index (κ1) is 13.2. The zero-order chi connectivity index (χ0) is 13.9. The van der Waals surface area contributed by atoms with E-state index in [0.29, 0.717) is 0 Å². The van der Waals surface area contributed by atoms with Gasteiger partial charge in [-0.2, -0.15) is 0 Å². The molecule has 0 amide bonds. The van der Waals surface area contributed by atoms with Gasteiger partial charge in [0.15, 0.2) is 5.16 Å². The van der Waals surface area contributed by atoms with E-state index in [1.54, 1.807) is 11.8 Å². The van der Waals surface area contributed by atoms with Crippen LogP contribution in [0.3, 0.4) is 0 Å². The predicted octanol–water partition coefficient (Wildman–Crippen LogP) is 3.74. The minimum absolute atomic E-state index is 0.864. The molecule has 0 aliphatic heterocycles. The van der Waals surface area contributed by atoms with Crippen molar-refractivity contribution in [3.63, 3.8) is 0 Å². The quantitative estimate of drug-likeness (QED) is 0.766. The Morgan fingerprint density at radius 2 is 2.05 bits per heavy atom. The topological polar surface area (TPSA) is 40.7 Å². The highest BCUT2D eigenvalue weighted by molar-refractivity contribution is 7.99. The third-order valence-electron chi connectivity index (χ3n) is 3.16. The molecule has 2 N–H and O–H groups in total. The number of aryl methyl sites for hydroxylation is 1. The van der Waals surface area contributed by atoms with E-state index in [1.165, 1.54) is 16.0 Å². The summed E-state index contributed by atoms with van der Waals surface area (Å²) in [4.78, 5) is 9.26. The lowest BCUT2D eigenvalue weighted by molar-refractivity contribution is 0.803. The van der Waals surface area contributed by atoms with Crippen LogP contribution in [-0.2, 0) is 6.54 Å². The molecule has 3 rings (SSSR count). The smallest absolute Gasteiger partial charge is 0.171 e. The first-order valence-electron chi connectivity index (χ1n) is 6.63. The van der Waals surface area contributed by atoms with Crippen molar-refractivity contribution in [2.75, 3.05) is 7.05 Å². The zero-order valence-electron chi connectivity index (χ0n) is 11.6. The van der Waals surface area contributed by atoms with Crippen molar-refractivity contribution in [2.24, 2.45) is 0 Å². The van der Waals surface area contributed by atoms with E-state index in [1.807, 2.05) is 7.05 Å². The molecule has 3 aromatic rings. The molecule has 0 atom stereocenters. The van der Waals surface area contributed by atoms with Crippen LogP contribution >= 0.6 is 11.8 Å². The van der Waals surface area contributed by atoms with Crippen LogP contribution in [0.2, 0.25) is 0 Å². The first-order chi connectivity index (χ1) is 9.76. The van der Waals surface area contributed by atoms with Crippen LogP contribution < -0.4 is 5.32 Å². The molecule has 102 valence electrons. The molecule has 20 heavy (non-hydrogen) atoms. The van der Waals surface area contributed by atoms with Gasteiger partial charge in [0.1, 0.15) is 0 Å². The second-order valence-corrected chi connectivity index (χ2v) is 5.83. The van der Waals surface area contributed by atoms with E-state index in [-0.39, 0.29) is 0 Å². The number of hydrogen-bond acceptors (Lipinski definition) is 3. The fourth-order valence-electron chi connectivity index (χ4n) is 2.19. The number of aromatic nitrogens is 2. The average Bonchev–Trinajstić information content (AvgIpc) is 2.82. The number of H-pyrrole nitrogens is 1. The third kappa shape index (κ3) is 2.71. The van der Waals surface area contributed by atoms with Crippen molar-refractivity contribution in [1.82, 2.24) is 15.3 Å². The fourth-order valence-corrected chi connectivity index (χ4v) is 3.12. The Morgan fingerprint density at radius 3 is 2.90 bits per heavy atom. The largest absolute Gasteiger partial charge is 0.333 e. The summed E-state index contributed by atoms with van der Waals surface area (Å²) in [6.45, 7) is 2.96. The number of aromatic amines is 1. The molecule has 2 aromatic carbocycles. The Kier molecular flexibility index (Phi) is 3.76. The lowest BCUT2D eigenvalue weighted by Gasteiger charge is -2.06. The van der Waals surface area contributed by atoms with Gasteiger partial charge in [-0.25, -0.2) is 4.98 Å². The van der Waals surface area contributed by atoms with Crippen LogP contribution in [0.25, 0.3) is 11.0 Å². The number of imidazole rings is 1. The highest BCUT2D eigenvalue weighted by Gasteiger charge is 2.07. The van der Waals surface area contributed by atoms with Gasteiger partial charge in [0.25, 0.3) is 0 Å². The van der Waals surface area contributed by atoms with Crippen molar-refractivity contribution in [3.05, 3.63) is 53.6 Å². The summed E-state index contributed by atoms with van der Waals surface area (Å²) < 4.78 is 0. The molecule has 1 heterocycles.